The van der Waals surface area contributed by atoms with E-state index in [1.54, 1.807) is 0 Å². The number of nitrogens with one attached hydrogen (secondary N) is 2. The maximum Gasteiger partial charge on any atom is 0.223 e. The standard InChI is InChI=1S/C19H28N4O3/c1-3-25-17(26-4-2)13-20-18(24)14-9-11-23(12-10-14)19-21-15-7-5-6-8-16(15)22-19/h5-8,14,17H,3-4,9-13H2,1-2H3,(H,20,24)(H,21,22). The lowest BCUT2D eigenvalue weighted by Crippen LogP contribution is -2.43. The molecule has 1 fully saturated rings. The van der Waals surface area contributed by atoms with Gasteiger partial charge in [0.05, 0.1) is 17.6 Å². The van der Waals surface area contributed by atoms with E-state index >= 15 is 0 Å². The van der Waals surface area contributed by atoms with Gasteiger partial charge in [-0.2, -0.15) is 0 Å². The molecule has 0 bridgehead atoms. The molecule has 3 rings (SSSR count). The van der Waals surface area contributed by atoms with Gasteiger partial charge >= 0.3 is 0 Å². The van der Waals surface area contributed by atoms with E-state index < -0.39 is 0 Å². The van der Waals surface area contributed by atoms with E-state index in [9.17, 15) is 4.79 Å². The average Bonchev–Trinajstić information content (AvgIpc) is 3.10. The molecule has 0 aliphatic carbocycles. The third-order valence-electron chi connectivity index (χ3n) is 4.69. The van der Waals surface area contributed by atoms with Crippen molar-refractivity contribution in [3.05, 3.63) is 24.3 Å². The Hall–Kier alpha value is -2.12. The summed E-state index contributed by atoms with van der Waals surface area (Å²) in [5.41, 5.74) is 2.01. The highest BCUT2D eigenvalue weighted by Crippen LogP contribution is 2.23. The zero-order valence-corrected chi connectivity index (χ0v) is 15.5. The van der Waals surface area contributed by atoms with Crippen molar-refractivity contribution in [2.45, 2.75) is 33.0 Å². The number of para-hydroxylation sites is 2. The number of piperidine rings is 1. The number of imidazole rings is 1. The molecule has 2 N–H and O–H groups in total. The van der Waals surface area contributed by atoms with Gasteiger partial charge in [0.2, 0.25) is 11.9 Å². The predicted molar refractivity (Wildman–Crippen MR) is 101 cm³/mol. The van der Waals surface area contributed by atoms with Crippen molar-refractivity contribution in [3.63, 3.8) is 0 Å². The third-order valence-corrected chi connectivity index (χ3v) is 4.69. The van der Waals surface area contributed by atoms with Crippen LogP contribution in [0.15, 0.2) is 24.3 Å². The Morgan fingerprint density at radius 1 is 1.27 bits per heavy atom. The van der Waals surface area contributed by atoms with Crippen LogP contribution in [0.3, 0.4) is 0 Å². The van der Waals surface area contributed by atoms with Crippen molar-refractivity contribution < 1.29 is 14.3 Å². The minimum atomic E-state index is -0.371. The lowest BCUT2D eigenvalue weighted by molar-refractivity contribution is -0.142. The number of aromatic amines is 1. The summed E-state index contributed by atoms with van der Waals surface area (Å²) in [6.07, 6.45) is 1.26. The first-order chi connectivity index (χ1) is 12.7. The van der Waals surface area contributed by atoms with E-state index in [0.29, 0.717) is 19.8 Å². The Balaban J connectivity index is 1.49. The first-order valence-corrected chi connectivity index (χ1v) is 9.41. The van der Waals surface area contributed by atoms with E-state index in [4.69, 9.17) is 9.47 Å². The monoisotopic (exact) mass is 360 g/mol. The third kappa shape index (κ3) is 4.53. The summed E-state index contributed by atoms with van der Waals surface area (Å²) in [4.78, 5) is 22.6. The van der Waals surface area contributed by atoms with Gasteiger partial charge in [-0.15, -0.1) is 0 Å². The molecule has 0 unspecified atom stereocenters. The highest BCUT2D eigenvalue weighted by atomic mass is 16.7. The molecular formula is C19H28N4O3. The molecular weight excluding hydrogens is 332 g/mol. The molecule has 2 aromatic rings. The van der Waals surface area contributed by atoms with Crippen LogP contribution in [0.1, 0.15) is 26.7 Å². The number of amides is 1. The number of H-pyrrole nitrogens is 1. The summed E-state index contributed by atoms with van der Waals surface area (Å²) in [6, 6.07) is 8.02. The van der Waals surface area contributed by atoms with E-state index in [2.05, 4.69) is 20.2 Å². The first-order valence-electron chi connectivity index (χ1n) is 9.41. The molecule has 1 aromatic carbocycles. The van der Waals surface area contributed by atoms with Gasteiger partial charge < -0.3 is 24.7 Å². The molecule has 0 spiro atoms. The molecule has 1 aliphatic rings. The molecule has 26 heavy (non-hydrogen) atoms. The molecule has 2 heterocycles. The second kappa shape index (κ2) is 9.00. The Kier molecular flexibility index (Phi) is 6.46. The van der Waals surface area contributed by atoms with Crippen LogP contribution in [-0.2, 0) is 14.3 Å². The maximum atomic E-state index is 12.4. The van der Waals surface area contributed by atoms with Crippen molar-refractivity contribution >= 4 is 22.9 Å². The lowest BCUT2D eigenvalue weighted by Gasteiger charge is -2.31. The van der Waals surface area contributed by atoms with Crippen molar-refractivity contribution in [1.82, 2.24) is 15.3 Å². The topological polar surface area (TPSA) is 79.5 Å². The van der Waals surface area contributed by atoms with Crippen LogP contribution >= 0.6 is 0 Å². The van der Waals surface area contributed by atoms with Gasteiger partial charge in [0.25, 0.3) is 0 Å². The largest absolute Gasteiger partial charge is 0.351 e. The summed E-state index contributed by atoms with van der Waals surface area (Å²) >= 11 is 0. The van der Waals surface area contributed by atoms with E-state index in [0.717, 1.165) is 42.9 Å². The van der Waals surface area contributed by atoms with Crippen LogP contribution in [0, 0.1) is 5.92 Å². The number of hydrogen-bond acceptors (Lipinski definition) is 5. The average molecular weight is 360 g/mol. The summed E-state index contributed by atoms with van der Waals surface area (Å²) in [5.74, 6) is 0.996. The number of nitrogens with zero attached hydrogens (tertiary/aromatic N) is 2. The normalized spacial score (nSPS) is 15.7. The van der Waals surface area contributed by atoms with Crippen molar-refractivity contribution in [2.24, 2.45) is 5.92 Å². The molecule has 0 saturated carbocycles. The number of ether oxygens (including phenoxy) is 2. The summed E-state index contributed by atoms with van der Waals surface area (Å²) < 4.78 is 10.9. The van der Waals surface area contributed by atoms with Crippen molar-refractivity contribution in [2.75, 3.05) is 37.7 Å². The fraction of sp³-hybridized carbons (Fsp3) is 0.579. The highest BCUT2D eigenvalue weighted by Gasteiger charge is 2.26. The molecule has 7 nitrogen and oxygen atoms in total. The van der Waals surface area contributed by atoms with E-state index in [1.807, 2.05) is 38.1 Å². The second-order valence-electron chi connectivity index (χ2n) is 6.42. The smallest absolute Gasteiger partial charge is 0.223 e. The van der Waals surface area contributed by atoms with E-state index in [1.165, 1.54) is 0 Å². The molecule has 1 aromatic heterocycles. The molecule has 0 radical (unpaired) electrons. The van der Waals surface area contributed by atoms with Gasteiger partial charge in [-0.3, -0.25) is 4.79 Å². The Morgan fingerprint density at radius 3 is 2.62 bits per heavy atom. The van der Waals surface area contributed by atoms with Crippen molar-refractivity contribution in [3.8, 4) is 0 Å². The number of aromatic nitrogens is 2. The van der Waals surface area contributed by atoms with Gasteiger partial charge in [-0.05, 0) is 38.8 Å². The van der Waals surface area contributed by atoms with Gasteiger partial charge in [-0.25, -0.2) is 4.98 Å². The number of benzene rings is 1. The number of rotatable bonds is 8. The first kappa shape index (κ1) is 18.7. The maximum absolute atomic E-state index is 12.4. The van der Waals surface area contributed by atoms with Crippen molar-refractivity contribution in [1.29, 1.82) is 0 Å². The second-order valence-corrected chi connectivity index (χ2v) is 6.42. The number of fused-ring (bicyclic) bond motifs is 1. The predicted octanol–water partition coefficient (Wildman–Crippen LogP) is 2.29. The Labute approximate surface area is 154 Å². The summed E-state index contributed by atoms with van der Waals surface area (Å²) in [7, 11) is 0. The van der Waals surface area contributed by atoms with Gasteiger partial charge in [-0.1, -0.05) is 12.1 Å². The number of carbonyl (C=O) groups is 1. The highest BCUT2D eigenvalue weighted by molar-refractivity contribution is 5.79. The summed E-state index contributed by atoms with van der Waals surface area (Å²) in [6.45, 7) is 7.00. The number of hydrogen-bond donors (Lipinski definition) is 2. The molecule has 1 saturated heterocycles. The molecule has 142 valence electrons. The van der Waals surface area contributed by atoms with Crippen LogP contribution in [0.2, 0.25) is 0 Å². The fourth-order valence-electron chi connectivity index (χ4n) is 3.31. The molecule has 7 heteroatoms. The van der Waals surface area contributed by atoms with E-state index in [-0.39, 0.29) is 18.1 Å². The minimum absolute atomic E-state index is 0.0273. The van der Waals surface area contributed by atoms with Crippen LogP contribution in [0.5, 0.6) is 0 Å². The fourth-order valence-corrected chi connectivity index (χ4v) is 3.31. The van der Waals surface area contributed by atoms with Gasteiger partial charge in [0.15, 0.2) is 6.29 Å². The Bertz CT molecular complexity index is 671. The van der Waals surface area contributed by atoms with Crippen LogP contribution in [0.4, 0.5) is 5.95 Å². The van der Waals surface area contributed by atoms with Gasteiger partial charge in [0, 0.05) is 32.2 Å². The molecule has 1 aliphatic heterocycles. The zero-order valence-electron chi connectivity index (χ0n) is 15.5. The van der Waals surface area contributed by atoms with Gasteiger partial charge in [0.1, 0.15) is 0 Å². The van der Waals surface area contributed by atoms with Crippen LogP contribution in [-0.4, -0.2) is 55.0 Å². The number of carbonyl (C=O) groups excluding carboxylic acids is 1. The zero-order chi connectivity index (χ0) is 18.4. The van der Waals surface area contributed by atoms with Crippen LogP contribution in [0.25, 0.3) is 11.0 Å². The SMILES string of the molecule is CCOC(CNC(=O)C1CCN(c2nc3ccccc3[nH]2)CC1)OCC. The quantitative estimate of drug-likeness (QED) is 0.706. The molecule has 0 atom stereocenters. The Morgan fingerprint density at radius 2 is 1.96 bits per heavy atom. The molecule has 1 amide bonds. The lowest BCUT2D eigenvalue weighted by atomic mass is 9.96. The number of anilines is 1. The minimum Gasteiger partial charge on any atom is -0.351 e. The van der Waals surface area contributed by atoms with Crippen LogP contribution < -0.4 is 10.2 Å². The summed E-state index contributed by atoms with van der Waals surface area (Å²) in [5, 5.41) is 2.97.